The van der Waals surface area contributed by atoms with E-state index in [4.69, 9.17) is 0 Å². The Morgan fingerprint density at radius 2 is 2.00 bits per heavy atom. The van der Waals surface area contributed by atoms with Gasteiger partial charge in [-0.3, -0.25) is 4.79 Å². The number of hydrogen-bond acceptors (Lipinski definition) is 3. The fraction of sp³-hybridized carbons (Fsp3) is 0.533. The molecule has 0 aliphatic heterocycles. The van der Waals surface area contributed by atoms with Crippen LogP contribution in [-0.4, -0.2) is 43.1 Å². The van der Waals surface area contributed by atoms with Gasteiger partial charge >= 0.3 is 0 Å². The average Bonchev–Trinajstić information content (AvgIpc) is 2.28. The van der Waals surface area contributed by atoms with Gasteiger partial charge in [0.25, 0.3) is 5.91 Å². The number of phenolic OH excluding ortho intramolecular Hbond substituents is 1. The molecule has 1 aromatic carbocycles. The third-order valence-electron chi connectivity index (χ3n) is 2.94. The van der Waals surface area contributed by atoms with Gasteiger partial charge in [0.15, 0.2) is 0 Å². The molecule has 4 heteroatoms. The molecule has 0 unspecified atom stereocenters. The summed E-state index contributed by atoms with van der Waals surface area (Å²) in [5.41, 5.74) is 1.26. The molecule has 2 N–H and O–H groups in total. The number of nitrogens with one attached hydrogen (secondary N) is 1. The van der Waals surface area contributed by atoms with Crippen LogP contribution in [0.5, 0.6) is 5.75 Å². The van der Waals surface area contributed by atoms with E-state index in [9.17, 15) is 9.90 Å². The van der Waals surface area contributed by atoms with Gasteiger partial charge in [0.1, 0.15) is 5.75 Å². The molecule has 1 aromatic rings. The van der Waals surface area contributed by atoms with Gasteiger partial charge in [-0.05, 0) is 44.1 Å². The molecule has 0 aromatic heterocycles. The number of aryl methyl sites for hydroxylation is 1. The third kappa shape index (κ3) is 4.91. The maximum absolute atomic E-state index is 12.0. The molecule has 1 rings (SSSR count). The Kier molecular flexibility index (Phi) is 4.95. The fourth-order valence-electron chi connectivity index (χ4n) is 2.08. The summed E-state index contributed by atoms with van der Waals surface area (Å²) < 4.78 is 0. The van der Waals surface area contributed by atoms with Crippen LogP contribution >= 0.6 is 0 Å². The van der Waals surface area contributed by atoms with Crippen LogP contribution in [0, 0.1) is 12.3 Å². The second kappa shape index (κ2) is 6.06. The Morgan fingerprint density at radius 3 is 2.53 bits per heavy atom. The Bertz CT molecular complexity index is 453. The Hall–Kier alpha value is -1.55. The van der Waals surface area contributed by atoms with Crippen molar-refractivity contribution < 1.29 is 9.90 Å². The number of benzene rings is 1. The number of nitrogens with zero attached hydrogens (tertiary/aromatic N) is 1. The summed E-state index contributed by atoms with van der Waals surface area (Å²) in [6.07, 6.45) is 0. The highest BCUT2D eigenvalue weighted by Gasteiger charge is 2.20. The highest BCUT2D eigenvalue weighted by molar-refractivity contribution is 5.94. The van der Waals surface area contributed by atoms with Crippen LogP contribution in [0.2, 0.25) is 0 Å². The van der Waals surface area contributed by atoms with Gasteiger partial charge in [-0.25, -0.2) is 0 Å². The molecule has 19 heavy (non-hydrogen) atoms. The van der Waals surface area contributed by atoms with Gasteiger partial charge in [-0.1, -0.05) is 19.9 Å². The summed E-state index contributed by atoms with van der Waals surface area (Å²) in [6.45, 7) is 7.52. The van der Waals surface area contributed by atoms with E-state index < -0.39 is 0 Å². The van der Waals surface area contributed by atoms with Gasteiger partial charge in [0.05, 0.1) is 0 Å². The molecule has 0 radical (unpaired) electrons. The van der Waals surface area contributed by atoms with Crippen molar-refractivity contribution in [3.8, 4) is 5.75 Å². The lowest BCUT2D eigenvalue weighted by Gasteiger charge is -2.28. The Balaban J connectivity index is 2.62. The van der Waals surface area contributed by atoms with Crippen molar-refractivity contribution in [1.82, 2.24) is 10.2 Å². The molecule has 0 saturated heterocycles. The van der Waals surface area contributed by atoms with E-state index in [2.05, 4.69) is 24.1 Å². The molecule has 0 spiro atoms. The molecule has 0 bridgehead atoms. The van der Waals surface area contributed by atoms with Crippen LogP contribution in [0.4, 0.5) is 0 Å². The number of amides is 1. The smallest absolute Gasteiger partial charge is 0.251 e. The zero-order chi connectivity index (χ0) is 14.6. The molecule has 0 heterocycles. The van der Waals surface area contributed by atoms with Gasteiger partial charge in [-0.2, -0.15) is 0 Å². The monoisotopic (exact) mass is 264 g/mol. The van der Waals surface area contributed by atoms with Crippen LogP contribution in [0.15, 0.2) is 18.2 Å². The summed E-state index contributed by atoms with van der Waals surface area (Å²) in [6, 6.07) is 4.97. The van der Waals surface area contributed by atoms with Gasteiger partial charge in [0, 0.05) is 18.7 Å². The second-order valence-electron chi connectivity index (χ2n) is 6.09. The number of phenols is 1. The molecule has 0 aliphatic rings. The quantitative estimate of drug-likeness (QED) is 0.855. The molecule has 4 nitrogen and oxygen atoms in total. The fourth-order valence-corrected chi connectivity index (χ4v) is 2.08. The second-order valence-corrected chi connectivity index (χ2v) is 6.09. The first kappa shape index (κ1) is 15.5. The number of rotatable bonds is 5. The van der Waals surface area contributed by atoms with Crippen LogP contribution < -0.4 is 5.32 Å². The first-order valence-electron chi connectivity index (χ1n) is 6.44. The maximum Gasteiger partial charge on any atom is 0.251 e. The zero-order valence-corrected chi connectivity index (χ0v) is 12.4. The minimum absolute atomic E-state index is 0.00585. The largest absolute Gasteiger partial charge is 0.508 e. The maximum atomic E-state index is 12.0. The lowest BCUT2D eigenvalue weighted by atomic mass is 9.93. The molecule has 1 amide bonds. The van der Waals surface area contributed by atoms with E-state index in [1.165, 1.54) is 6.07 Å². The van der Waals surface area contributed by atoms with E-state index in [-0.39, 0.29) is 17.1 Å². The van der Waals surface area contributed by atoms with Crippen molar-refractivity contribution in [2.45, 2.75) is 20.8 Å². The summed E-state index contributed by atoms with van der Waals surface area (Å²) in [7, 11) is 4.03. The molecular formula is C15H24N2O2. The first-order valence-corrected chi connectivity index (χ1v) is 6.44. The van der Waals surface area contributed by atoms with Crippen molar-refractivity contribution in [2.24, 2.45) is 5.41 Å². The van der Waals surface area contributed by atoms with Crippen LogP contribution in [0.25, 0.3) is 0 Å². The van der Waals surface area contributed by atoms with Crippen LogP contribution in [0.3, 0.4) is 0 Å². The minimum atomic E-state index is -0.151. The molecular weight excluding hydrogens is 240 g/mol. The van der Waals surface area contributed by atoms with Crippen molar-refractivity contribution in [3.63, 3.8) is 0 Å². The standard InChI is InChI=1S/C15H24N2O2/c1-11-6-7-12(8-13(11)18)14(19)16-9-15(2,3)10-17(4)5/h6-8,18H,9-10H2,1-5H3,(H,16,19). The highest BCUT2D eigenvalue weighted by atomic mass is 16.3. The van der Waals surface area contributed by atoms with E-state index in [0.29, 0.717) is 12.1 Å². The summed E-state index contributed by atoms with van der Waals surface area (Å²) in [4.78, 5) is 14.1. The van der Waals surface area contributed by atoms with E-state index >= 15 is 0 Å². The number of carbonyl (C=O) groups excluding carboxylic acids is 1. The number of aromatic hydroxyl groups is 1. The van der Waals surface area contributed by atoms with E-state index in [1.807, 2.05) is 14.1 Å². The Morgan fingerprint density at radius 1 is 1.37 bits per heavy atom. The van der Waals surface area contributed by atoms with Crippen molar-refractivity contribution >= 4 is 5.91 Å². The van der Waals surface area contributed by atoms with Crippen LogP contribution in [0.1, 0.15) is 29.8 Å². The predicted molar refractivity (Wildman–Crippen MR) is 77.5 cm³/mol. The zero-order valence-electron chi connectivity index (χ0n) is 12.4. The highest BCUT2D eigenvalue weighted by Crippen LogP contribution is 2.18. The van der Waals surface area contributed by atoms with Crippen molar-refractivity contribution in [3.05, 3.63) is 29.3 Å². The van der Waals surface area contributed by atoms with Gasteiger partial charge < -0.3 is 15.3 Å². The SMILES string of the molecule is Cc1ccc(C(=O)NCC(C)(C)CN(C)C)cc1O. The van der Waals surface area contributed by atoms with E-state index in [0.717, 1.165) is 12.1 Å². The Labute approximate surface area is 115 Å². The van der Waals surface area contributed by atoms with Gasteiger partial charge in [0.2, 0.25) is 0 Å². The normalized spacial score (nSPS) is 11.7. The first-order chi connectivity index (χ1) is 8.71. The minimum Gasteiger partial charge on any atom is -0.508 e. The lowest BCUT2D eigenvalue weighted by molar-refractivity contribution is 0.0929. The average molecular weight is 264 g/mol. The lowest BCUT2D eigenvalue weighted by Crippen LogP contribution is -2.39. The molecule has 0 aliphatic carbocycles. The summed E-state index contributed by atoms with van der Waals surface area (Å²) in [5, 5.41) is 12.5. The molecule has 0 fully saturated rings. The summed E-state index contributed by atoms with van der Waals surface area (Å²) >= 11 is 0. The third-order valence-corrected chi connectivity index (χ3v) is 2.94. The number of carbonyl (C=O) groups is 1. The predicted octanol–water partition coefficient (Wildman–Crippen LogP) is 2.02. The van der Waals surface area contributed by atoms with Crippen molar-refractivity contribution in [1.29, 1.82) is 0 Å². The summed E-state index contributed by atoms with van der Waals surface area (Å²) in [5.74, 6) is 0.00216. The topological polar surface area (TPSA) is 52.6 Å². The van der Waals surface area contributed by atoms with Gasteiger partial charge in [-0.15, -0.1) is 0 Å². The molecule has 0 atom stereocenters. The van der Waals surface area contributed by atoms with E-state index in [1.54, 1.807) is 19.1 Å². The molecule has 106 valence electrons. The molecule has 0 saturated carbocycles. The number of hydrogen-bond donors (Lipinski definition) is 2. The van der Waals surface area contributed by atoms with Crippen molar-refractivity contribution in [2.75, 3.05) is 27.2 Å². The van der Waals surface area contributed by atoms with Crippen LogP contribution in [-0.2, 0) is 0 Å².